The highest BCUT2D eigenvalue weighted by Crippen LogP contribution is 2.14. The molecule has 1 aromatic heterocycles. The molecule has 0 spiro atoms. The van der Waals surface area contributed by atoms with Crippen LogP contribution in [0.15, 0.2) is 17.0 Å². The fourth-order valence-corrected chi connectivity index (χ4v) is 2.26. The molecule has 0 aromatic carbocycles. The number of nitrogens with zero attached hydrogens (tertiary/aromatic N) is 2. The Balaban J connectivity index is 2.90. The molecule has 0 aliphatic carbocycles. The lowest BCUT2D eigenvalue weighted by Gasteiger charge is -2.19. The quantitative estimate of drug-likeness (QED) is 0.784. The lowest BCUT2D eigenvalue weighted by atomic mass is 10.1. The Kier molecular flexibility index (Phi) is 5.07. The van der Waals surface area contributed by atoms with Gasteiger partial charge in [-0.3, -0.25) is 4.79 Å². The van der Waals surface area contributed by atoms with Gasteiger partial charge in [0.15, 0.2) is 9.84 Å². The van der Waals surface area contributed by atoms with Crippen molar-refractivity contribution >= 4 is 15.8 Å². The van der Waals surface area contributed by atoms with Crippen molar-refractivity contribution in [2.75, 3.05) is 6.26 Å². The van der Waals surface area contributed by atoms with Gasteiger partial charge in [-0.2, -0.15) is 5.26 Å². The van der Waals surface area contributed by atoms with Crippen LogP contribution in [0.2, 0.25) is 0 Å². The first-order valence-electron chi connectivity index (χ1n) is 6.34. The molecule has 0 saturated carbocycles. The van der Waals surface area contributed by atoms with Gasteiger partial charge >= 0.3 is 5.97 Å². The number of aryl methyl sites for hydroxylation is 1. The van der Waals surface area contributed by atoms with E-state index in [1.165, 1.54) is 12.1 Å². The molecule has 1 heterocycles. The fraction of sp³-hybridized carbons (Fsp3) is 0.500. The first-order chi connectivity index (χ1) is 9.51. The molecule has 0 radical (unpaired) electrons. The maximum atomic E-state index is 11.6. The fourth-order valence-electron chi connectivity index (χ4n) is 1.58. The van der Waals surface area contributed by atoms with Gasteiger partial charge in [0.05, 0.1) is 11.3 Å². The summed E-state index contributed by atoms with van der Waals surface area (Å²) in [6.07, 6.45) is 1.34. The van der Waals surface area contributed by atoms with Gasteiger partial charge in [-0.05, 0) is 32.9 Å². The molecule has 0 aliphatic rings. The number of hydrogen-bond donors (Lipinski definition) is 0. The summed E-state index contributed by atoms with van der Waals surface area (Å²) in [4.78, 5) is 15.7. The SMILES string of the molecule is CC(C)(C)OC(=O)CCc1cc(S(C)(=O)=O)cc(C#N)n1. The zero-order chi connectivity index (χ0) is 16.3. The number of nitriles is 1. The average Bonchev–Trinajstić information content (AvgIpc) is 2.33. The molecule has 0 saturated heterocycles. The van der Waals surface area contributed by atoms with Crippen LogP contribution in [-0.4, -0.2) is 31.2 Å². The van der Waals surface area contributed by atoms with Gasteiger partial charge in [0.2, 0.25) is 0 Å². The Hall–Kier alpha value is -1.94. The van der Waals surface area contributed by atoms with Gasteiger partial charge in [-0.15, -0.1) is 0 Å². The Labute approximate surface area is 124 Å². The minimum atomic E-state index is -3.43. The third kappa shape index (κ3) is 5.92. The summed E-state index contributed by atoms with van der Waals surface area (Å²) in [5.41, 5.74) is -0.186. The van der Waals surface area contributed by atoms with Crippen LogP contribution in [0.3, 0.4) is 0 Å². The minimum Gasteiger partial charge on any atom is -0.460 e. The van der Waals surface area contributed by atoms with E-state index in [2.05, 4.69) is 4.98 Å². The number of carbonyl (C=O) groups is 1. The highest BCUT2D eigenvalue weighted by atomic mass is 32.2. The lowest BCUT2D eigenvalue weighted by Crippen LogP contribution is -2.24. The van der Waals surface area contributed by atoms with E-state index in [0.29, 0.717) is 5.69 Å². The van der Waals surface area contributed by atoms with Crippen LogP contribution in [0.1, 0.15) is 38.6 Å². The third-order valence-corrected chi connectivity index (χ3v) is 3.49. The number of carbonyl (C=O) groups excluding carboxylic acids is 1. The zero-order valence-corrected chi connectivity index (χ0v) is 13.3. The number of ether oxygens (including phenoxy) is 1. The Morgan fingerprint density at radius 1 is 1.38 bits per heavy atom. The van der Waals surface area contributed by atoms with E-state index in [1.807, 2.05) is 6.07 Å². The number of esters is 1. The summed E-state index contributed by atoms with van der Waals surface area (Å²) in [5.74, 6) is -0.396. The second kappa shape index (κ2) is 6.22. The van der Waals surface area contributed by atoms with Crippen molar-refractivity contribution in [3.8, 4) is 6.07 Å². The van der Waals surface area contributed by atoms with E-state index in [4.69, 9.17) is 10.00 Å². The normalized spacial score (nSPS) is 11.8. The van der Waals surface area contributed by atoms with Gasteiger partial charge in [0.1, 0.15) is 17.4 Å². The van der Waals surface area contributed by atoms with Crippen LogP contribution >= 0.6 is 0 Å². The summed E-state index contributed by atoms with van der Waals surface area (Å²) in [7, 11) is -3.43. The predicted octanol–water partition coefficient (Wildman–Crippen LogP) is 1.63. The Morgan fingerprint density at radius 3 is 2.48 bits per heavy atom. The largest absolute Gasteiger partial charge is 0.460 e. The number of hydrogen-bond acceptors (Lipinski definition) is 6. The van der Waals surface area contributed by atoms with Crippen LogP contribution < -0.4 is 0 Å². The molecule has 7 heteroatoms. The van der Waals surface area contributed by atoms with Crippen LogP contribution in [0.25, 0.3) is 0 Å². The van der Waals surface area contributed by atoms with E-state index in [0.717, 1.165) is 6.26 Å². The predicted molar refractivity (Wildman–Crippen MR) is 76.2 cm³/mol. The summed E-state index contributed by atoms with van der Waals surface area (Å²) in [5, 5.41) is 8.88. The Bertz CT molecular complexity index is 682. The summed E-state index contributed by atoms with van der Waals surface area (Å²) >= 11 is 0. The molecule has 1 aromatic rings. The molecular weight excluding hydrogens is 292 g/mol. The zero-order valence-electron chi connectivity index (χ0n) is 12.5. The molecule has 114 valence electrons. The monoisotopic (exact) mass is 310 g/mol. The molecular formula is C14H18N2O4S. The van der Waals surface area contributed by atoms with Crippen LogP contribution in [-0.2, 0) is 25.8 Å². The Morgan fingerprint density at radius 2 is 2.00 bits per heavy atom. The molecule has 21 heavy (non-hydrogen) atoms. The molecule has 0 fully saturated rings. The van der Waals surface area contributed by atoms with Crippen LogP contribution in [0.5, 0.6) is 0 Å². The summed E-state index contributed by atoms with van der Waals surface area (Å²) in [6.45, 7) is 5.30. The van der Waals surface area contributed by atoms with Crippen molar-refractivity contribution in [3.05, 3.63) is 23.5 Å². The maximum absolute atomic E-state index is 11.6. The molecule has 0 N–H and O–H groups in total. The van der Waals surface area contributed by atoms with Crippen LogP contribution in [0.4, 0.5) is 0 Å². The summed E-state index contributed by atoms with van der Waals surface area (Å²) < 4.78 is 28.3. The molecule has 0 aliphatic heterocycles. The maximum Gasteiger partial charge on any atom is 0.306 e. The van der Waals surface area contributed by atoms with E-state index < -0.39 is 21.4 Å². The smallest absolute Gasteiger partial charge is 0.306 e. The second-order valence-corrected chi connectivity index (χ2v) is 7.67. The van der Waals surface area contributed by atoms with Gasteiger partial charge in [0.25, 0.3) is 0 Å². The minimum absolute atomic E-state index is 0.0112. The molecule has 0 atom stereocenters. The van der Waals surface area contributed by atoms with Crippen molar-refractivity contribution < 1.29 is 17.9 Å². The highest BCUT2D eigenvalue weighted by molar-refractivity contribution is 7.90. The van der Waals surface area contributed by atoms with E-state index >= 15 is 0 Å². The van der Waals surface area contributed by atoms with E-state index in [9.17, 15) is 13.2 Å². The van der Waals surface area contributed by atoms with Gasteiger partial charge in [-0.25, -0.2) is 13.4 Å². The first kappa shape index (κ1) is 17.1. The average molecular weight is 310 g/mol. The summed E-state index contributed by atoms with van der Waals surface area (Å²) in [6, 6.07) is 4.40. The van der Waals surface area contributed by atoms with Crippen LogP contribution in [0, 0.1) is 11.3 Å². The topological polar surface area (TPSA) is 97.1 Å². The van der Waals surface area contributed by atoms with Crippen molar-refractivity contribution in [3.63, 3.8) is 0 Å². The molecule has 1 rings (SSSR count). The van der Waals surface area contributed by atoms with Gasteiger partial charge in [-0.1, -0.05) is 0 Å². The van der Waals surface area contributed by atoms with Gasteiger partial charge < -0.3 is 4.74 Å². The molecule has 0 unspecified atom stereocenters. The van der Waals surface area contributed by atoms with E-state index in [-0.39, 0.29) is 23.4 Å². The third-order valence-electron chi connectivity index (χ3n) is 2.40. The number of sulfone groups is 1. The molecule has 0 amide bonds. The lowest BCUT2D eigenvalue weighted by molar-refractivity contribution is -0.154. The van der Waals surface area contributed by atoms with Crippen molar-refractivity contribution in [1.29, 1.82) is 5.26 Å². The first-order valence-corrected chi connectivity index (χ1v) is 8.23. The van der Waals surface area contributed by atoms with Crippen molar-refractivity contribution in [1.82, 2.24) is 4.98 Å². The molecule has 6 nitrogen and oxygen atoms in total. The standard InChI is InChI=1S/C14H18N2O4S/c1-14(2,3)20-13(17)6-5-10-7-12(21(4,18)19)8-11(9-15)16-10/h7-8H,5-6H2,1-4H3. The number of pyridine rings is 1. The highest BCUT2D eigenvalue weighted by Gasteiger charge is 2.17. The molecule has 0 bridgehead atoms. The van der Waals surface area contributed by atoms with Gasteiger partial charge in [0, 0.05) is 18.4 Å². The second-order valence-electron chi connectivity index (χ2n) is 5.65. The van der Waals surface area contributed by atoms with Crippen molar-refractivity contribution in [2.45, 2.75) is 44.1 Å². The number of rotatable bonds is 4. The number of aromatic nitrogens is 1. The van der Waals surface area contributed by atoms with Crippen molar-refractivity contribution in [2.24, 2.45) is 0 Å². The van der Waals surface area contributed by atoms with E-state index in [1.54, 1.807) is 20.8 Å².